The number of rotatable bonds is 1. The van der Waals surface area contributed by atoms with Crippen LogP contribution in [0.2, 0.25) is 0 Å². The average Bonchev–Trinajstić information content (AvgIpc) is 1.69. The Kier molecular flexibility index (Phi) is 11.6. The van der Waals surface area contributed by atoms with E-state index < -0.39 is 5.97 Å². The van der Waals surface area contributed by atoms with Crippen LogP contribution in [0.4, 0.5) is 0 Å². The Morgan fingerprint density at radius 2 is 1.88 bits per heavy atom. The maximum absolute atomic E-state index is 9.37. The van der Waals surface area contributed by atoms with Crippen LogP contribution < -0.4 is 0 Å². The van der Waals surface area contributed by atoms with Gasteiger partial charge in [0.1, 0.15) is 0 Å². The summed E-state index contributed by atoms with van der Waals surface area (Å²) in [5, 5.41) is 15.6. The van der Waals surface area contributed by atoms with Crippen LogP contribution in [-0.2, 0) is 4.79 Å². The lowest BCUT2D eigenvalue weighted by Gasteiger charge is -1.71. The highest BCUT2D eigenvalue weighted by molar-refractivity contribution is 5.66. The van der Waals surface area contributed by atoms with Crippen molar-refractivity contribution in [3.63, 3.8) is 0 Å². The number of carbonyl (C=O) groups is 1. The molecule has 2 N–H and O–H groups in total. The second-order valence-electron chi connectivity index (χ2n) is 0.829. The first-order valence-corrected chi connectivity index (χ1v) is 1.87. The lowest BCUT2D eigenvalue weighted by atomic mass is 10.5. The third-order valence-electron chi connectivity index (χ3n) is 0.302. The van der Waals surface area contributed by atoms with Crippen LogP contribution in [0.3, 0.4) is 0 Å². The number of carboxylic acids is 1. The van der Waals surface area contributed by atoms with E-state index in [0.717, 1.165) is 0 Å². The molecular weight excluding hydrogens is 114 g/mol. The van der Waals surface area contributed by atoms with Crippen LogP contribution in [0.25, 0.3) is 0 Å². The topological polar surface area (TPSA) is 87.0 Å². The van der Waals surface area contributed by atoms with Crippen molar-refractivity contribution in [2.45, 2.75) is 13.3 Å². The minimum Gasteiger partial charge on any atom is -0.481 e. The molecule has 0 aromatic rings. The molecule has 0 aromatic carbocycles. The molecule has 0 unspecified atom stereocenters. The van der Waals surface area contributed by atoms with E-state index in [1.54, 1.807) is 6.92 Å². The molecule has 0 amide bonds. The Bertz CT molecular complexity index is 71.7. The van der Waals surface area contributed by atoms with Gasteiger partial charge >= 0.3 is 5.97 Å². The fourth-order valence-corrected chi connectivity index (χ4v) is 0. The third kappa shape index (κ3) is 96.4. The highest BCUT2D eigenvalue weighted by Crippen LogP contribution is 1.67. The smallest absolute Gasteiger partial charge is 0.303 e. The number of aliphatic carboxylic acids is 1. The first-order chi connectivity index (χ1) is 3.68. The fraction of sp³-hybridized carbons (Fsp3) is 0.667. The van der Waals surface area contributed by atoms with Crippen molar-refractivity contribution in [2.24, 2.45) is 5.34 Å². The Morgan fingerprint density at radius 3 is 1.88 bits per heavy atom. The van der Waals surface area contributed by atoms with Gasteiger partial charge in [0.2, 0.25) is 0 Å². The van der Waals surface area contributed by atoms with Gasteiger partial charge in [-0.25, -0.2) is 0 Å². The van der Waals surface area contributed by atoms with Gasteiger partial charge in [-0.1, -0.05) is 6.92 Å². The van der Waals surface area contributed by atoms with Gasteiger partial charge in [0.05, 0.1) is 0 Å². The van der Waals surface area contributed by atoms with Gasteiger partial charge in [-0.05, 0) is 0 Å². The maximum Gasteiger partial charge on any atom is 0.303 e. The number of hydrogen-bond acceptors (Lipinski definition) is 3. The highest BCUT2D eigenvalue weighted by atomic mass is 16.6. The van der Waals surface area contributed by atoms with Crippen LogP contribution in [0.5, 0.6) is 0 Å². The molecule has 0 spiro atoms. The molecule has 0 rings (SSSR count). The van der Waals surface area contributed by atoms with Crippen molar-refractivity contribution in [1.29, 1.82) is 0 Å². The quantitative estimate of drug-likeness (QED) is 0.393. The van der Waals surface area contributed by atoms with E-state index in [1.807, 2.05) is 0 Å². The van der Waals surface area contributed by atoms with E-state index in [4.69, 9.17) is 15.2 Å². The van der Waals surface area contributed by atoms with E-state index in [2.05, 4.69) is 0 Å². The predicted molar refractivity (Wildman–Crippen MR) is 25.5 cm³/mol. The number of nitrogens with zero attached hydrogens (tertiary/aromatic N) is 1. The zero-order valence-electron chi connectivity index (χ0n) is 4.37. The monoisotopic (exact) mass is 121 g/mol. The molecule has 0 saturated carbocycles. The van der Waals surface area contributed by atoms with Crippen LogP contribution in [0, 0.1) is 4.91 Å². The highest BCUT2D eigenvalue weighted by Gasteiger charge is 1.80. The van der Waals surface area contributed by atoms with Crippen LogP contribution in [0.1, 0.15) is 13.3 Å². The lowest BCUT2D eigenvalue weighted by Crippen LogP contribution is -1.86. The molecule has 0 aliphatic heterocycles. The predicted octanol–water partition coefficient (Wildman–Crippen LogP) is 0.623. The van der Waals surface area contributed by atoms with Gasteiger partial charge in [0, 0.05) is 6.42 Å². The molecule has 0 heterocycles. The van der Waals surface area contributed by atoms with Crippen molar-refractivity contribution in [1.82, 2.24) is 0 Å². The van der Waals surface area contributed by atoms with E-state index in [1.165, 1.54) is 5.34 Å². The number of hydrogen-bond donors (Lipinski definition) is 2. The summed E-state index contributed by atoms with van der Waals surface area (Å²) in [5.74, 6) is -0.745. The van der Waals surface area contributed by atoms with Crippen molar-refractivity contribution in [2.75, 3.05) is 0 Å². The maximum atomic E-state index is 9.37. The zero-order valence-corrected chi connectivity index (χ0v) is 4.37. The van der Waals surface area contributed by atoms with Gasteiger partial charge in [0.15, 0.2) is 5.34 Å². The first-order valence-electron chi connectivity index (χ1n) is 1.87. The fourth-order valence-electron chi connectivity index (χ4n) is 0. The summed E-state index contributed by atoms with van der Waals surface area (Å²) in [6.07, 6.45) is 0.222. The molecule has 0 aliphatic rings. The summed E-state index contributed by atoms with van der Waals surface area (Å²) >= 11 is 0. The normalized spacial score (nSPS) is 6.12. The van der Waals surface area contributed by atoms with E-state index in [9.17, 15) is 4.79 Å². The van der Waals surface area contributed by atoms with Crippen LogP contribution >= 0.6 is 0 Å². The molecule has 5 nitrogen and oxygen atoms in total. The van der Waals surface area contributed by atoms with Crippen LogP contribution in [0.15, 0.2) is 5.34 Å². The Hall–Kier alpha value is -1.13. The minimum absolute atomic E-state index is 0.222. The Morgan fingerprint density at radius 1 is 1.75 bits per heavy atom. The molecular formula is C3H7NO4. The van der Waals surface area contributed by atoms with Gasteiger partial charge in [0.25, 0.3) is 0 Å². The molecule has 0 radical (unpaired) electrons. The summed E-state index contributed by atoms with van der Waals surface area (Å²) in [4.78, 5) is 17.5. The van der Waals surface area contributed by atoms with Crippen molar-refractivity contribution < 1.29 is 15.1 Å². The Labute approximate surface area is 45.9 Å². The van der Waals surface area contributed by atoms with E-state index in [0.29, 0.717) is 0 Å². The molecule has 0 aliphatic carbocycles. The first kappa shape index (κ1) is 9.98. The van der Waals surface area contributed by atoms with Crippen molar-refractivity contribution in [3.8, 4) is 0 Å². The summed E-state index contributed by atoms with van der Waals surface area (Å²) < 4.78 is 0. The van der Waals surface area contributed by atoms with Crippen molar-refractivity contribution >= 4 is 5.97 Å². The zero-order chi connectivity index (χ0) is 6.99. The largest absolute Gasteiger partial charge is 0.481 e. The van der Waals surface area contributed by atoms with Crippen LogP contribution in [-0.4, -0.2) is 16.3 Å². The van der Waals surface area contributed by atoms with Crippen molar-refractivity contribution in [3.05, 3.63) is 4.91 Å². The summed E-state index contributed by atoms with van der Waals surface area (Å²) in [6, 6.07) is 0. The molecule has 0 saturated heterocycles. The Balaban J connectivity index is 0. The van der Waals surface area contributed by atoms with Gasteiger partial charge < -0.3 is 10.3 Å². The second kappa shape index (κ2) is 9.30. The summed E-state index contributed by atoms with van der Waals surface area (Å²) in [5.41, 5.74) is 0. The van der Waals surface area contributed by atoms with E-state index >= 15 is 0 Å². The van der Waals surface area contributed by atoms with Gasteiger partial charge in [-0.2, -0.15) is 0 Å². The standard InChI is InChI=1S/C3H6O2.HNO2/c1-2-3(4)5;2-1-3/h2H2,1H3,(H,4,5);(H,2,3). The number of carboxylic acid groups (broad SMARTS) is 1. The molecule has 0 fully saturated rings. The van der Waals surface area contributed by atoms with E-state index in [-0.39, 0.29) is 6.42 Å². The lowest BCUT2D eigenvalue weighted by molar-refractivity contribution is -0.136. The molecule has 5 heteroatoms. The molecule has 48 valence electrons. The molecule has 0 atom stereocenters. The molecule has 8 heavy (non-hydrogen) atoms. The van der Waals surface area contributed by atoms with Gasteiger partial charge in [-0.3, -0.25) is 4.79 Å². The SMILES string of the molecule is CCC(=O)O.O=NO. The average molecular weight is 121 g/mol. The minimum atomic E-state index is -0.745. The molecule has 0 bridgehead atoms. The van der Waals surface area contributed by atoms with Gasteiger partial charge in [-0.15, -0.1) is 4.91 Å². The second-order valence-corrected chi connectivity index (χ2v) is 0.829. The third-order valence-corrected chi connectivity index (χ3v) is 0.302. The molecule has 0 aromatic heterocycles. The summed E-state index contributed by atoms with van der Waals surface area (Å²) in [6.45, 7) is 1.60. The summed E-state index contributed by atoms with van der Waals surface area (Å²) in [7, 11) is 0.